The van der Waals surface area contributed by atoms with Crippen LogP contribution in [0.3, 0.4) is 0 Å². The zero-order valence-corrected chi connectivity index (χ0v) is 13.0. The van der Waals surface area contributed by atoms with E-state index in [1.807, 2.05) is 4.90 Å². The second-order valence-corrected chi connectivity index (χ2v) is 6.75. The summed E-state index contributed by atoms with van der Waals surface area (Å²) in [5, 5.41) is 10.6. The normalized spacial score (nSPS) is 16.0. The summed E-state index contributed by atoms with van der Waals surface area (Å²) in [6, 6.07) is 3.05. The highest BCUT2D eigenvalue weighted by Crippen LogP contribution is 2.29. The zero-order chi connectivity index (χ0) is 15.6. The van der Waals surface area contributed by atoms with E-state index in [4.69, 9.17) is 34.8 Å². The molecule has 1 aromatic rings. The number of alkyl halides is 3. The molecule has 1 N–H and O–H groups in total. The van der Waals surface area contributed by atoms with Crippen LogP contribution in [0, 0.1) is 10.1 Å². The van der Waals surface area contributed by atoms with Crippen LogP contribution in [0.25, 0.3) is 0 Å². The van der Waals surface area contributed by atoms with Gasteiger partial charge in [0.2, 0.25) is 0 Å². The number of anilines is 1. The number of hydrogen-bond donors (Lipinski definition) is 0. The molecule has 1 aromatic heterocycles. The lowest BCUT2D eigenvalue weighted by molar-refractivity contribution is -0.414. The van der Waals surface area contributed by atoms with Crippen LogP contribution in [0.2, 0.25) is 0 Å². The number of piperazine rings is 1. The van der Waals surface area contributed by atoms with Crippen LogP contribution in [0.1, 0.15) is 0 Å². The summed E-state index contributed by atoms with van der Waals surface area (Å²) in [4.78, 5) is 28.2. The first-order valence-electron chi connectivity index (χ1n) is 6.06. The minimum absolute atomic E-state index is 0.0104. The van der Waals surface area contributed by atoms with Crippen molar-refractivity contribution in [3.05, 3.63) is 28.4 Å². The van der Waals surface area contributed by atoms with E-state index in [0.29, 0.717) is 26.2 Å². The number of nitro groups is 1. The van der Waals surface area contributed by atoms with Gasteiger partial charge in [-0.25, -0.2) is 4.98 Å². The molecule has 2 heterocycles. The topological polar surface area (TPSA) is 80.8 Å². The first-order chi connectivity index (χ1) is 9.79. The molecule has 1 aliphatic rings. The number of halogens is 3. The number of hydrogen-bond acceptors (Lipinski definition) is 4. The fraction of sp³-hybridized carbons (Fsp3) is 0.455. The minimum Gasteiger partial charge on any atom is -0.331 e. The highest BCUT2D eigenvalue weighted by molar-refractivity contribution is 6.76. The van der Waals surface area contributed by atoms with E-state index in [2.05, 4.69) is 4.98 Å². The number of carbonyl (C=O) groups is 1. The molecule has 0 aromatic carbocycles. The van der Waals surface area contributed by atoms with Gasteiger partial charge in [0, 0.05) is 12.1 Å². The fourth-order valence-corrected chi connectivity index (χ4v) is 2.41. The van der Waals surface area contributed by atoms with Gasteiger partial charge in [0.05, 0.1) is 18.0 Å². The zero-order valence-electron chi connectivity index (χ0n) is 10.8. The molecular formula is C11H12Cl3N4O3+. The van der Waals surface area contributed by atoms with Crippen molar-refractivity contribution >= 4 is 52.2 Å². The molecule has 0 saturated carbocycles. The maximum Gasteiger partial charge on any atom is 0.308 e. The smallest absolute Gasteiger partial charge is 0.308 e. The number of nitrogens with one attached hydrogen (secondary N) is 1. The molecule has 1 aliphatic heterocycles. The first kappa shape index (κ1) is 16.1. The predicted octanol–water partition coefficient (Wildman–Crippen LogP) is 1.43. The van der Waals surface area contributed by atoms with Crippen molar-refractivity contribution < 1.29 is 14.7 Å². The van der Waals surface area contributed by atoms with Gasteiger partial charge in [-0.15, -0.1) is 0 Å². The largest absolute Gasteiger partial charge is 0.331 e. The molecule has 114 valence electrons. The molecule has 0 spiro atoms. The van der Waals surface area contributed by atoms with E-state index >= 15 is 0 Å². The lowest BCUT2D eigenvalue weighted by Crippen LogP contribution is -2.52. The summed E-state index contributed by atoms with van der Waals surface area (Å²) < 4.78 is -1.94. The third kappa shape index (κ3) is 3.87. The molecule has 1 fully saturated rings. The Morgan fingerprint density at radius 2 is 1.86 bits per heavy atom. The van der Waals surface area contributed by atoms with Gasteiger partial charge in [-0.2, -0.15) is 0 Å². The average molecular weight is 355 g/mol. The Hall–Kier alpha value is -1.31. The van der Waals surface area contributed by atoms with Crippen molar-refractivity contribution in [2.75, 3.05) is 31.1 Å². The van der Waals surface area contributed by atoms with E-state index in [1.54, 1.807) is 6.07 Å². The third-order valence-corrected chi connectivity index (χ3v) is 3.63. The summed E-state index contributed by atoms with van der Waals surface area (Å²) in [6.45, 7) is 1.91. The molecule has 21 heavy (non-hydrogen) atoms. The second kappa shape index (κ2) is 6.21. The van der Waals surface area contributed by atoms with Crippen LogP contribution in [0.4, 0.5) is 11.5 Å². The van der Waals surface area contributed by atoms with Crippen LogP contribution in [-0.2, 0) is 4.79 Å². The number of carbonyl (C=O) groups excluding carboxylic acids is 1. The number of amides is 1. The number of H-pyrrole nitrogens is 1. The Morgan fingerprint density at radius 3 is 2.29 bits per heavy atom. The van der Waals surface area contributed by atoms with Crippen molar-refractivity contribution in [3.63, 3.8) is 0 Å². The SMILES string of the molecule is O=C(N1CCN(c2ccc([N+](=O)[O-])c[nH+]2)CC1)C(Cl)(Cl)Cl. The molecule has 0 bridgehead atoms. The number of nitrogens with zero attached hydrogens (tertiary/aromatic N) is 3. The van der Waals surface area contributed by atoms with E-state index in [1.165, 1.54) is 17.2 Å². The predicted molar refractivity (Wildman–Crippen MR) is 78.7 cm³/mol. The molecule has 10 heteroatoms. The molecule has 1 saturated heterocycles. The minimum atomic E-state index is -1.94. The van der Waals surface area contributed by atoms with Crippen molar-refractivity contribution in [1.82, 2.24) is 4.90 Å². The molecule has 1 amide bonds. The maximum atomic E-state index is 11.8. The Labute approximate surface area is 135 Å². The number of aromatic nitrogens is 1. The summed E-state index contributed by atoms with van der Waals surface area (Å²) in [5.74, 6) is 0.196. The number of aromatic amines is 1. The molecule has 2 rings (SSSR count). The van der Waals surface area contributed by atoms with Crippen LogP contribution >= 0.6 is 34.8 Å². The van der Waals surface area contributed by atoms with Crippen molar-refractivity contribution in [1.29, 1.82) is 0 Å². The number of pyridine rings is 1. The van der Waals surface area contributed by atoms with Gasteiger partial charge in [-0.1, -0.05) is 34.8 Å². The van der Waals surface area contributed by atoms with Gasteiger partial charge < -0.3 is 4.90 Å². The van der Waals surface area contributed by atoms with Gasteiger partial charge in [0.1, 0.15) is 13.1 Å². The monoisotopic (exact) mass is 353 g/mol. The molecular weight excluding hydrogens is 343 g/mol. The van der Waals surface area contributed by atoms with Crippen molar-refractivity contribution in [2.45, 2.75) is 3.79 Å². The summed E-state index contributed by atoms with van der Waals surface area (Å²) in [7, 11) is 0. The molecule has 0 radical (unpaired) electrons. The first-order valence-corrected chi connectivity index (χ1v) is 7.19. The van der Waals surface area contributed by atoms with Crippen LogP contribution in [0.5, 0.6) is 0 Å². The second-order valence-electron chi connectivity index (χ2n) is 4.47. The number of rotatable bonds is 2. The van der Waals surface area contributed by atoms with E-state index in [0.717, 1.165) is 5.82 Å². The van der Waals surface area contributed by atoms with Crippen molar-refractivity contribution in [2.24, 2.45) is 0 Å². The summed E-state index contributed by atoms with van der Waals surface area (Å²) in [5.41, 5.74) is -0.0104. The van der Waals surface area contributed by atoms with E-state index < -0.39 is 14.6 Å². The quantitative estimate of drug-likeness (QED) is 0.457. The summed E-state index contributed by atoms with van der Waals surface area (Å²) in [6.07, 6.45) is 1.33. The standard InChI is InChI=1S/C11H11Cl3N4O3/c12-11(13,14)10(19)17-5-3-16(4-6-17)9-2-1-8(7-15-9)18(20)21/h1-2,7H,3-6H2/p+1. The van der Waals surface area contributed by atoms with Crippen LogP contribution < -0.4 is 9.88 Å². The molecule has 0 aliphatic carbocycles. The lowest BCUT2D eigenvalue weighted by Gasteiger charge is -2.32. The van der Waals surface area contributed by atoms with Gasteiger partial charge in [0.25, 0.3) is 15.5 Å². The Balaban J connectivity index is 1.98. The highest BCUT2D eigenvalue weighted by Gasteiger charge is 2.37. The van der Waals surface area contributed by atoms with Gasteiger partial charge in [-0.05, 0) is 0 Å². The summed E-state index contributed by atoms with van der Waals surface area (Å²) >= 11 is 16.7. The highest BCUT2D eigenvalue weighted by atomic mass is 35.6. The van der Waals surface area contributed by atoms with Crippen LogP contribution in [-0.4, -0.2) is 45.7 Å². The van der Waals surface area contributed by atoms with E-state index in [-0.39, 0.29) is 5.69 Å². The Morgan fingerprint density at radius 1 is 1.24 bits per heavy atom. The third-order valence-electron chi connectivity index (χ3n) is 3.14. The molecule has 0 atom stereocenters. The van der Waals surface area contributed by atoms with E-state index in [9.17, 15) is 14.9 Å². The van der Waals surface area contributed by atoms with Crippen LogP contribution in [0.15, 0.2) is 18.3 Å². The lowest BCUT2D eigenvalue weighted by atomic mass is 10.3. The van der Waals surface area contributed by atoms with Crippen molar-refractivity contribution in [3.8, 4) is 0 Å². The fourth-order valence-electron chi connectivity index (χ4n) is 2.05. The molecule has 0 unspecified atom stereocenters. The van der Waals surface area contributed by atoms with Gasteiger partial charge >= 0.3 is 5.69 Å². The van der Waals surface area contributed by atoms with Gasteiger partial charge in [-0.3, -0.25) is 19.8 Å². The Kier molecular flexibility index (Phi) is 4.75. The van der Waals surface area contributed by atoms with Gasteiger partial charge in [0.15, 0.2) is 6.20 Å². The maximum absolute atomic E-state index is 11.8. The molecule has 7 nitrogen and oxygen atoms in total. The average Bonchev–Trinajstić information content (AvgIpc) is 2.46. The Bertz CT molecular complexity index is 539.